The van der Waals surface area contributed by atoms with Gasteiger partial charge in [0.2, 0.25) is 0 Å². The van der Waals surface area contributed by atoms with E-state index in [1.165, 1.54) is 0 Å². The molecule has 0 fully saturated rings. The van der Waals surface area contributed by atoms with E-state index >= 15 is 0 Å². The second-order valence-corrected chi connectivity index (χ2v) is 7.47. The Hall–Kier alpha value is -3.12. The van der Waals surface area contributed by atoms with Crippen molar-refractivity contribution in [2.45, 2.75) is 20.0 Å². The van der Waals surface area contributed by atoms with E-state index in [1.54, 1.807) is 30.5 Å². The topological polar surface area (TPSA) is 59.9 Å². The Morgan fingerprint density at radius 1 is 0.933 bits per heavy atom. The van der Waals surface area contributed by atoms with Crippen molar-refractivity contribution in [1.29, 1.82) is 0 Å². The maximum absolute atomic E-state index is 12.2. The van der Waals surface area contributed by atoms with E-state index in [9.17, 15) is 4.79 Å². The van der Waals surface area contributed by atoms with Gasteiger partial charge in [-0.1, -0.05) is 35.0 Å². The van der Waals surface area contributed by atoms with Crippen LogP contribution in [0, 0.1) is 0 Å². The zero-order chi connectivity index (χ0) is 21.2. The quantitative estimate of drug-likeness (QED) is 0.330. The van der Waals surface area contributed by atoms with Crippen LogP contribution in [0.5, 0.6) is 11.5 Å². The summed E-state index contributed by atoms with van der Waals surface area (Å²) in [6.07, 6.45) is 2.53. The van der Waals surface area contributed by atoms with Crippen LogP contribution in [0.1, 0.15) is 34.8 Å². The number of nitrogens with zero attached hydrogens (tertiary/aromatic N) is 1. The summed E-state index contributed by atoms with van der Waals surface area (Å²) in [5, 5.41) is 4.02. The van der Waals surface area contributed by atoms with Crippen LogP contribution in [0.4, 0.5) is 0 Å². The first-order chi connectivity index (χ1) is 14.6. The summed E-state index contributed by atoms with van der Waals surface area (Å²) in [5.41, 5.74) is 5.00. The van der Waals surface area contributed by atoms with Gasteiger partial charge < -0.3 is 9.47 Å². The lowest BCUT2D eigenvalue weighted by Gasteiger charge is -2.07. The molecule has 0 radical (unpaired) electrons. The van der Waals surface area contributed by atoms with E-state index < -0.39 is 0 Å². The van der Waals surface area contributed by atoms with Crippen LogP contribution in [0.25, 0.3) is 0 Å². The van der Waals surface area contributed by atoms with Crippen molar-refractivity contribution >= 4 is 28.1 Å². The molecule has 1 N–H and O–H groups in total. The van der Waals surface area contributed by atoms with Crippen molar-refractivity contribution in [3.8, 4) is 11.5 Å². The molecule has 6 heteroatoms. The van der Waals surface area contributed by atoms with Crippen molar-refractivity contribution in [3.05, 3.63) is 94.0 Å². The molecular weight excluding hydrogens is 444 g/mol. The summed E-state index contributed by atoms with van der Waals surface area (Å²) in [7, 11) is 0. The van der Waals surface area contributed by atoms with Crippen LogP contribution in [0.2, 0.25) is 0 Å². The number of nitrogens with one attached hydrogen (secondary N) is 1. The lowest BCUT2D eigenvalue weighted by molar-refractivity contribution is 0.0955. The Morgan fingerprint density at radius 2 is 1.57 bits per heavy atom. The molecule has 30 heavy (non-hydrogen) atoms. The van der Waals surface area contributed by atoms with Crippen LogP contribution >= 0.6 is 15.9 Å². The first kappa shape index (κ1) is 21.6. The van der Waals surface area contributed by atoms with Crippen molar-refractivity contribution in [3.63, 3.8) is 0 Å². The van der Waals surface area contributed by atoms with Crippen molar-refractivity contribution in [2.75, 3.05) is 6.61 Å². The third kappa shape index (κ3) is 6.74. The molecule has 0 aromatic heterocycles. The monoisotopic (exact) mass is 466 g/mol. The highest BCUT2D eigenvalue weighted by molar-refractivity contribution is 9.10. The Labute approximate surface area is 184 Å². The molecule has 0 spiro atoms. The molecule has 1 amide bonds. The van der Waals surface area contributed by atoms with Crippen LogP contribution in [-0.4, -0.2) is 18.7 Å². The third-order valence-corrected chi connectivity index (χ3v) is 4.70. The fourth-order valence-corrected chi connectivity index (χ4v) is 2.81. The zero-order valence-corrected chi connectivity index (χ0v) is 18.3. The molecule has 0 atom stereocenters. The minimum absolute atomic E-state index is 0.275. The van der Waals surface area contributed by atoms with Crippen LogP contribution in [-0.2, 0) is 6.61 Å². The standard InChI is InChI=1S/C24H23BrN2O3/c1-2-15-29-22-13-7-20(8-14-22)24(28)27-26-16-18-5-11-23(12-6-18)30-17-19-3-9-21(25)10-4-19/h3-14,16H,2,15,17H2,1H3,(H,27,28)/b26-16+. The van der Waals surface area contributed by atoms with Gasteiger partial charge in [0.05, 0.1) is 12.8 Å². The highest BCUT2D eigenvalue weighted by Crippen LogP contribution is 2.16. The van der Waals surface area contributed by atoms with Gasteiger partial charge in [-0.3, -0.25) is 4.79 Å². The van der Waals surface area contributed by atoms with Gasteiger partial charge in [0.15, 0.2) is 0 Å². The summed E-state index contributed by atoms with van der Waals surface area (Å²) in [6.45, 7) is 3.20. The number of hydrazone groups is 1. The summed E-state index contributed by atoms with van der Waals surface area (Å²) in [5.74, 6) is 1.24. The Kier molecular flexibility index (Phi) is 8.03. The van der Waals surface area contributed by atoms with E-state index in [0.717, 1.165) is 33.5 Å². The molecule has 0 aliphatic rings. The fraction of sp³-hybridized carbons (Fsp3) is 0.167. The van der Waals surface area contributed by atoms with Crippen molar-refractivity contribution in [1.82, 2.24) is 5.43 Å². The largest absolute Gasteiger partial charge is 0.494 e. The molecule has 0 bridgehead atoms. The number of carbonyl (C=O) groups excluding carboxylic acids is 1. The number of ether oxygens (including phenoxy) is 2. The van der Waals surface area contributed by atoms with Gasteiger partial charge in [-0.05, 0) is 78.2 Å². The lowest BCUT2D eigenvalue weighted by atomic mass is 10.2. The molecule has 0 saturated heterocycles. The van der Waals surface area contributed by atoms with Gasteiger partial charge in [-0.15, -0.1) is 0 Å². The average Bonchev–Trinajstić information content (AvgIpc) is 2.78. The van der Waals surface area contributed by atoms with Crippen molar-refractivity contribution < 1.29 is 14.3 Å². The summed E-state index contributed by atoms with van der Waals surface area (Å²) >= 11 is 3.42. The van der Waals surface area contributed by atoms with Gasteiger partial charge in [-0.25, -0.2) is 5.43 Å². The number of amides is 1. The number of rotatable bonds is 9. The van der Waals surface area contributed by atoms with E-state index in [1.807, 2.05) is 55.5 Å². The Morgan fingerprint density at radius 3 is 2.23 bits per heavy atom. The number of carbonyl (C=O) groups is 1. The number of halogens is 1. The molecule has 0 aliphatic heterocycles. The third-order valence-electron chi connectivity index (χ3n) is 4.17. The van der Waals surface area contributed by atoms with Crippen LogP contribution in [0.15, 0.2) is 82.4 Å². The van der Waals surface area contributed by atoms with Crippen LogP contribution in [0.3, 0.4) is 0 Å². The van der Waals surface area contributed by atoms with Crippen molar-refractivity contribution in [2.24, 2.45) is 5.10 Å². The van der Waals surface area contributed by atoms with Gasteiger partial charge in [0, 0.05) is 10.0 Å². The lowest BCUT2D eigenvalue weighted by Crippen LogP contribution is -2.17. The van der Waals surface area contributed by atoms with E-state index in [0.29, 0.717) is 18.8 Å². The molecule has 3 aromatic rings. The molecule has 5 nitrogen and oxygen atoms in total. The maximum Gasteiger partial charge on any atom is 0.271 e. The second kappa shape index (κ2) is 11.2. The van der Waals surface area contributed by atoms with Gasteiger partial charge >= 0.3 is 0 Å². The Balaban J connectivity index is 1.47. The summed E-state index contributed by atoms with van der Waals surface area (Å²) in [6, 6.07) is 22.5. The summed E-state index contributed by atoms with van der Waals surface area (Å²) < 4.78 is 12.3. The summed E-state index contributed by atoms with van der Waals surface area (Å²) in [4.78, 5) is 12.2. The Bertz CT molecular complexity index is 969. The first-order valence-electron chi connectivity index (χ1n) is 9.67. The number of hydrogen-bond acceptors (Lipinski definition) is 4. The molecule has 0 aliphatic carbocycles. The molecule has 154 valence electrons. The molecule has 3 rings (SSSR count). The predicted octanol–water partition coefficient (Wildman–Crippen LogP) is 5.58. The minimum atomic E-state index is -0.275. The SMILES string of the molecule is CCCOc1ccc(C(=O)N/N=C/c2ccc(OCc3ccc(Br)cc3)cc2)cc1. The molecule has 3 aromatic carbocycles. The minimum Gasteiger partial charge on any atom is -0.494 e. The van der Waals surface area contributed by atoms with E-state index in [-0.39, 0.29) is 5.91 Å². The second-order valence-electron chi connectivity index (χ2n) is 6.56. The predicted molar refractivity (Wildman–Crippen MR) is 122 cm³/mol. The fourth-order valence-electron chi connectivity index (χ4n) is 2.55. The number of benzene rings is 3. The number of hydrogen-bond donors (Lipinski definition) is 1. The zero-order valence-electron chi connectivity index (χ0n) is 16.7. The van der Waals surface area contributed by atoms with Gasteiger partial charge in [0.25, 0.3) is 5.91 Å². The normalized spacial score (nSPS) is 10.7. The van der Waals surface area contributed by atoms with Gasteiger partial charge in [-0.2, -0.15) is 5.10 Å². The van der Waals surface area contributed by atoms with Gasteiger partial charge in [0.1, 0.15) is 18.1 Å². The van der Waals surface area contributed by atoms with E-state index in [2.05, 4.69) is 26.5 Å². The first-order valence-corrected chi connectivity index (χ1v) is 10.5. The van der Waals surface area contributed by atoms with Crippen LogP contribution < -0.4 is 14.9 Å². The smallest absolute Gasteiger partial charge is 0.271 e. The maximum atomic E-state index is 12.2. The van der Waals surface area contributed by atoms with E-state index in [4.69, 9.17) is 9.47 Å². The molecule has 0 unspecified atom stereocenters. The highest BCUT2D eigenvalue weighted by atomic mass is 79.9. The average molecular weight is 467 g/mol. The highest BCUT2D eigenvalue weighted by Gasteiger charge is 2.04. The molecule has 0 saturated carbocycles. The molecule has 0 heterocycles. The molecular formula is C24H23BrN2O3.